The molecule has 1 saturated heterocycles. The Hall–Kier alpha value is -2.15. The van der Waals surface area contributed by atoms with E-state index in [-0.39, 0.29) is 17.1 Å². The molecule has 1 aromatic heterocycles. The van der Waals surface area contributed by atoms with Gasteiger partial charge in [-0.3, -0.25) is 4.79 Å². The van der Waals surface area contributed by atoms with Crippen LogP contribution in [0.3, 0.4) is 0 Å². The van der Waals surface area contributed by atoms with Gasteiger partial charge in [0.05, 0.1) is 5.25 Å². The first-order chi connectivity index (χ1) is 10.5. The summed E-state index contributed by atoms with van der Waals surface area (Å²) in [5.74, 6) is 0.846. The molecule has 2 N–H and O–H groups in total. The number of hydrogen-bond acceptors (Lipinski definition) is 6. The Morgan fingerprint density at radius 3 is 2.82 bits per heavy atom. The SMILES string of the molecule is Cc1cccc(N2CCC(Sc3nc(C)nc(N)n3)C2=O)c1. The summed E-state index contributed by atoms with van der Waals surface area (Å²) in [5.41, 5.74) is 7.72. The number of amides is 1. The Balaban J connectivity index is 1.76. The van der Waals surface area contributed by atoms with Gasteiger partial charge in [0.2, 0.25) is 11.9 Å². The Morgan fingerprint density at radius 2 is 2.09 bits per heavy atom. The van der Waals surface area contributed by atoms with Gasteiger partial charge in [-0.05, 0) is 38.0 Å². The Labute approximate surface area is 133 Å². The monoisotopic (exact) mass is 315 g/mol. The molecule has 22 heavy (non-hydrogen) atoms. The van der Waals surface area contributed by atoms with Crippen molar-refractivity contribution in [2.45, 2.75) is 30.7 Å². The normalized spacial score (nSPS) is 18.0. The summed E-state index contributed by atoms with van der Waals surface area (Å²) >= 11 is 1.36. The highest BCUT2D eigenvalue weighted by atomic mass is 32.2. The number of aromatic nitrogens is 3. The van der Waals surface area contributed by atoms with Crippen LogP contribution in [0.1, 0.15) is 17.8 Å². The number of aryl methyl sites for hydroxylation is 2. The van der Waals surface area contributed by atoms with Gasteiger partial charge in [0.25, 0.3) is 0 Å². The topological polar surface area (TPSA) is 85.0 Å². The molecule has 6 nitrogen and oxygen atoms in total. The number of benzene rings is 1. The molecule has 0 bridgehead atoms. The van der Waals surface area contributed by atoms with E-state index >= 15 is 0 Å². The van der Waals surface area contributed by atoms with Gasteiger partial charge >= 0.3 is 0 Å². The molecule has 0 spiro atoms. The molecule has 1 amide bonds. The van der Waals surface area contributed by atoms with E-state index < -0.39 is 0 Å². The summed E-state index contributed by atoms with van der Waals surface area (Å²) in [7, 11) is 0. The van der Waals surface area contributed by atoms with Crippen molar-refractivity contribution in [1.82, 2.24) is 15.0 Å². The van der Waals surface area contributed by atoms with Crippen LogP contribution in [0.4, 0.5) is 11.6 Å². The van der Waals surface area contributed by atoms with Crippen molar-refractivity contribution < 1.29 is 4.79 Å². The molecular weight excluding hydrogens is 298 g/mol. The number of anilines is 2. The molecule has 1 fully saturated rings. The fourth-order valence-electron chi connectivity index (χ4n) is 2.47. The molecule has 1 unspecified atom stereocenters. The summed E-state index contributed by atoms with van der Waals surface area (Å²) in [6, 6.07) is 7.97. The molecule has 1 aromatic carbocycles. The highest BCUT2D eigenvalue weighted by molar-refractivity contribution is 8.00. The van der Waals surface area contributed by atoms with Crippen LogP contribution in [0.25, 0.3) is 0 Å². The first-order valence-electron chi connectivity index (χ1n) is 7.06. The van der Waals surface area contributed by atoms with E-state index in [1.807, 2.05) is 36.1 Å². The van der Waals surface area contributed by atoms with E-state index in [2.05, 4.69) is 15.0 Å². The van der Waals surface area contributed by atoms with Gasteiger partial charge in [-0.2, -0.15) is 9.97 Å². The molecular formula is C15H17N5OS. The number of hydrogen-bond donors (Lipinski definition) is 1. The van der Waals surface area contributed by atoms with Crippen LogP contribution >= 0.6 is 11.8 Å². The second-order valence-corrected chi connectivity index (χ2v) is 6.42. The molecule has 2 aromatic rings. The van der Waals surface area contributed by atoms with E-state index in [0.29, 0.717) is 17.5 Å². The first kappa shape index (κ1) is 14.8. The fraction of sp³-hybridized carbons (Fsp3) is 0.333. The van der Waals surface area contributed by atoms with E-state index in [1.54, 1.807) is 6.92 Å². The zero-order valence-corrected chi connectivity index (χ0v) is 13.3. The van der Waals surface area contributed by atoms with Crippen molar-refractivity contribution >= 4 is 29.3 Å². The van der Waals surface area contributed by atoms with Crippen molar-refractivity contribution in [3.05, 3.63) is 35.7 Å². The average Bonchev–Trinajstić information content (AvgIpc) is 2.79. The number of nitrogens with two attached hydrogens (primary N) is 1. The number of carbonyl (C=O) groups excluding carboxylic acids is 1. The summed E-state index contributed by atoms with van der Waals surface area (Å²) in [4.78, 5) is 26.7. The minimum absolute atomic E-state index is 0.0900. The van der Waals surface area contributed by atoms with Gasteiger partial charge in [-0.1, -0.05) is 23.9 Å². The van der Waals surface area contributed by atoms with E-state index in [0.717, 1.165) is 17.7 Å². The van der Waals surface area contributed by atoms with Crippen LogP contribution in [0.15, 0.2) is 29.4 Å². The smallest absolute Gasteiger partial charge is 0.240 e. The zero-order chi connectivity index (χ0) is 15.7. The van der Waals surface area contributed by atoms with Crippen LogP contribution in [-0.4, -0.2) is 32.7 Å². The predicted octanol–water partition coefficient (Wildman–Crippen LogP) is 1.97. The lowest BCUT2D eigenvalue weighted by Crippen LogP contribution is -2.28. The predicted molar refractivity (Wildman–Crippen MR) is 86.8 cm³/mol. The minimum Gasteiger partial charge on any atom is -0.368 e. The summed E-state index contributed by atoms with van der Waals surface area (Å²) in [6.45, 7) is 4.49. The molecule has 0 saturated carbocycles. The van der Waals surface area contributed by atoms with Crippen molar-refractivity contribution in [2.24, 2.45) is 0 Å². The molecule has 3 rings (SSSR count). The standard InChI is InChI=1S/C15H17N5OS/c1-9-4-3-5-11(8-9)20-7-6-12(13(20)21)22-15-18-10(2)17-14(16)19-15/h3-5,8,12H,6-7H2,1-2H3,(H2,16,17,18,19). The van der Waals surface area contributed by atoms with Gasteiger partial charge in [-0.25, -0.2) is 4.98 Å². The second kappa shape index (κ2) is 5.92. The van der Waals surface area contributed by atoms with Crippen molar-refractivity contribution in [3.8, 4) is 0 Å². The maximum atomic E-state index is 12.6. The van der Waals surface area contributed by atoms with Crippen LogP contribution in [-0.2, 0) is 4.79 Å². The Bertz CT molecular complexity index is 701. The summed E-state index contributed by atoms with van der Waals surface area (Å²) < 4.78 is 0. The molecule has 1 atom stereocenters. The maximum Gasteiger partial charge on any atom is 0.240 e. The quantitative estimate of drug-likeness (QED) is 0.932. The van der Waals surface area contributed by atoms with Crippen LogP contribution < -0.4 is 10.6 Å². The molecule has 0 aliphatic carbocycles. The van der Waals surface area contributed by atoms with Gasteiger partial charge < -0.3 is 10.6 Å². The maximum absolute atomic E-state index is 12.6. The minimum atomic E-state index is -0.179. The molecule has 1 aliphatic heterocycles. The van der Waals surface area contributed by atoms with Crippen LogP contribution in [0.2, 0.25) is 0 Å². The van der Waals surface area contributed by atoms with E-state index in [4.69, 9.17) is 5.73 Å². The molecule has 7 heteroatoms. The van der Waals surface area contributed by atoms with E-state index in [1.165, 1.54) is 11.8 Å². The number of nitrogens with zero attached hydrogens (tertiary/aromatic N) is 4. The largest absolute Gasteiger partial charge is 0.368 e. The van der Waals surface area contributed by atoms with E-state index in [9.17, 15) is 4.79 Å². The summed E-state index contributed by atoms with van der Waals surface area (Å²) in [6.07, 6.45) is 0.766. The number of rotatable bonds is 3. The van der Waals surface area contributed by atoms with Crippen LogP contribution in [0.5, 0.6) is 0 Å². The highest BCUT2D eigenvalue weighted by Gasteiger charge is 2.34. The lowest BCUT2D eigenvalue weighted by Gasteiger charge is -2.17. The lowest BCUT2D eigenvalue weighted by atomic mass is 10.2. The second-order valence-electron chi connectivity index (χ2n) is 5.25. The van der Waals surface area contributed by atoms with Gasteiger partial charge in [0.1, 0.15) is 5.82 Å². The summed E-state index contributed by atoms with van der Waals surface area (Å²) in [5, 5.41) is 0.330. The molecule has 2 heterocycles. The number of nitrogen functional groups attached to an aromatic ring is 1. The zero-order valence-electron chi connectivity index (χ0n) is 12.5. The highest BCUT2D eigenvalue weighted by Crippen LogP contribution is 2.31. The van der Waals surface area contributed by atoms with Gasteiger partial charge in [0, 0.05) is 12.2 Å². The average molecular weight is 315 g/mol. The van der Waals surface area contributed by atoms with Crippen molar-refractivity contribution in [3.63, 3.8) is 0 Å². The number of thioether (sulfide) groups is 1. The number of carbonyl (C=O) groups is 1. The third kappa shape index (κ3) is 3.04. The van der Waals surface area contributed by atoms with Gasteiger partial charge in [0.15, 0.2) is 5.16 Å². The molecule has 114 valence electrons. The van der Waals surface area contributed by atoms with Crippen molar-refractivity contribution in [2.75, 3.05) is 17.2 Å². The fourth-order valence-corrected chi connectivity index (χ4v) is 3.51. The van der Waals surface area contributed by atoms with Crippen LogP contribution in [0, 0.1) is 13.8 Å². The third-order valence-corrected chi connectivity index (χ3v) is 4.58. The first-order valence-corrected chi connectivity index (χ1v) is 7.94. The third-order valence-electron chi connectivity index (χ3n) is 3.46. The van der Waals surface area contributed by atoms with Crippen molar-refractivity contribution in [1.29, 1.82) is 0 Å². The molecule has 0 radical (unpaired) electrons. The Morgan fingerprint density at radius 1 is 1.27 bits per heavy atom. The lowest BCUT2D eigenvalue weighted by molar-refractivity contribution is -0.116. The molecule has 1 aliphatic rings. The van der Waals surface area contributed by atoms with Gasteiger partial charge in [-0.15, -0.1) is 0 Å². The Kier molecular flexibility index (Phi) is 3.98.